The fourth-order valence-electron chi connectivity index (χ4n) is 2.67. The lowest BCUT2D eigenvalue weighted by atomic mass is 9.98. The van der Waals surface area contributed by atoms with Crippen LogP contribution in [-0.4, -0.2) is 30.5 Å². The van der Waals surface area contributed by atoms with Gasteiger partial charge in [0.15, 0.2) is 0 Å². The third-order valence-corrected chi connectivity index (χ3v) is 4.16. The summed E-state index contributed by atoms with van der Waals surface area (Å²) in [4.78, 5) is 16.7. The summed E-state index contributed by atoms with van der Waals surface area (Å²) in [5.41, 5.74) is 5.77. The highest BCUT2D eigenvalue weighted by Gasteiger charge is 2.30. The molecule has 3 rings (SSSR count). The van der Waals surface area contributed by atoms with Gasteiger partial charge in [-0.05, 0) is 24.7 Å². The maximum Gasteiger partial charge on any atom is 0.241 e. The van der Waals surface area contributed by atoms with Crippen LogP contribution in [0.5, 0.6) is 0 Å². The van der Waals surface area contributed by atoms with Crippen molar-refractivity contribution in [3.8, 4) is 5.95 Å². The number of rotatable bonds is 3. The molecule has 1 aliphatic carbocycles. The number of imidazole rings is 1. The van der Waals surface area contributed by atoms with Gasteiger partial charge < -0.3 is 11.1 Å². The highest BCUT2D eigenvalue weighted by molar-refractivity contribution is 5.36. The summed E-state index contributed by atoms with van der Waals surface area (Å²) in [6, 6.07) is 0.391. The number of nitrogens with two attached hydrogens (primary N) is 1. The summed E-state index contributed by atoms with van der Waals surface area (Å²) in [5, 5.41) is 3.39. The SMILES string of the molecule is CC1CCC(Nc2nc(N)nc(-n3ccnc3)n2)C1C. The first-order chi connectivity index (χ1) is 9.63. The molecule has 2 aromatic rings. The zero-order valence-electron chi connectivity index (χ0n) is 11.7. The number of anilines is 2. The Kier molecular flexibility index (Phi) is 3.25. The Morgan fingerprint density at radius 3 is 2.75 bits per heavy atom. The van der Waals surface area contributed by atoms with Crippen LogP contribution in [0.15, 0.2) is 18.7 Å². The van der Waals surface area contributed by atoms with Gasteiger partial charge in [-0.25, -0.2) is 4.98 Å². The Bertz CT molecular complexity index is 580. The van der Waals surface area contributed by atoms with Crippen LogP contribution in [0.25, 0.3) is 5.95 Å². The summed E-state index contributed by atoms with van der Waals surface area (Å²) >= 11 is 0. The lowest BCUT2D eigenvalue weighted by Crippen LogP contribution is -2.25. The molecule has 0 saturated heterocycles. The van der Waals surface area contributed by atoms with Gasteiger partial charge in [-0.15, -0.1) is 0 Å². The minimum atomic E-state index is 0.213. The Morgan fingerprint density at radius 1 is 1.25 bits per heavy atom. The Balaban J connectivity index is 1.83. The molecule has 0 aliphatic heterocycles. The van der Waals surface area contributed by atoms with Crippen LogP contribution < -0.4 is 11.1 Å². The van der Waals surface area contributed by atoms with Gasteiger partial charge in [0, 0.05) is 18.4 Å². The van der Waals surface area contributed by atoms with E-state index in [-0.39, 0.29) is 5.95 Å². The van der Waals surface area contributed by atoms with Gasteiger partial charge in [0.2, 0.25) is 17.8 Å². The summed E-state index contributed by atoms with van der Waals surface area (Å²) in [7, 11) is 0. The van der Waals surface area contributed by atoms with Crippen LogP contribution in [0.4, 0.5) is 11.9 Å². The average molecular weight is 273 g/mol. The molecule has 1 saturated carbocycles. The van der Waals surface area contributed by atoms with E-state index in [1.807, 2.05) is 0 Å². The second-order valence-corrected chi connectivity index (χ2v) is 5.45. The molecule has 7 nitrogen and oxygen atoms in total. The topological polar surface area (TPSA) is 94.5 Å². The van der Waals surface area contributed by atoms with Crippen molar-refractivity contribution in [2.75, 3.05) is 11.1 Å². The molecular formula is C13H19N7. The molecule has 0 spiro atoms. The average Bonchev–Trinajstić information content (AvgIpc) is 3.04. The minimum Gasteiger partial charge on any atom is -0.368 e. The maximum atomic E-state index is 5.77. The molecule has 1 fully saturated rings. The van der Waals surface area contributed by atoms with Crippen molar-refractivity contribution in [1.82, 2.24) is 24.5 Å². The first-order valence-electron chi connectivity index (χ1n) is 6.90. The molecule has 106 valence electrons. The fraction of sp³-hybridized carbons (Fsp3) is 0.538. The predicted molar refractivity (Wildman–Crippen MR) is 76.3 cm³/mol. The second kappa shape index (κ2) is 5.07. The van der Waals surface area contributed by atoms with Gasteiger partial charge in [0.05, 0.1) is 0 Å². The normalized spacial score (nSPS) is 25.8. The van der Waals surface area contributed by atoms with Gasteiger partial charge in [0.25, 0.3) is 0 Å². The molecule has 0 radical (unpaired) electrons. The molecule has 0 bridgehead atoms. The van der Waals surface area contributed by atoms with E-state index >= 15 is 0 Å². The lowest BCUT2D eigenvalue weighted by Gasteiger charge is -2.19. The third-order valence-electron chi connectivity index (χ3n) is 4.16. The Hall–Kier alpha value is -2.18. The molecule has 2 aromatic heterocycles. The van der Waals surface area contributed by atoms with Crippen LogP contribution in [0.2, 0.25) is 0 Å². The standard InChI is InChI=1S/C13H19N7/c1-8-3-4-10(9(8)2)16-12-17-11(14)18-13(19-12)20-6-5-15-7-20/h5-10H,3-4H2,1-2H3,(H3,14,16,17,18,19). The van der Waals surface area contributed by atoms with E-state index in [0.29, 0.717) is 23.9 Å². The maximum absolute atomic E-state index is 5.77. The van der Waals surface area contributed by atoms with E-state index in [2.05, 4.69) is 39.1 Å². The molecule has 7 heteroatoms. The number of nitrogens with one attached hydrogen (secondary N) is 1. The smallest absolute Gasteiger partial charge is 0.241 e. The van der Waals surface area contributed by atoms with E-state index in [1.54, 1.807) is 23.3 Å². The first-order valence-corrected chi connectivity index (χ1v) is 6.90. The molecule has 0 aromatic carbocycles. The minimum absolute atomic E-state index is 0.213. The monoisotopic (exact) mass is 273 g/mol. The molecule has 3 N–H and O–H groups in total. The van der Waals surface area contributed by atoms with Crippen LogP contribution in [0.1, 0.15) is 26.7 Å². The first kappa shape index (κ1) is 12.8. The molecule has 3 unspecified atom stereocenters. The largest absolute Gasteiger partial charge is 0.368 e. The van der Waals surface area contributed by atoms with Crippen LogP contribution in [0, 0.1) is 11.8 Å². The number of hydrogen-bond donors (Lipinski definition) is 2. The van der Waals surface area contributed by atoms with Crippen molar-refractivity contribution < 1.29 is 0 Å². The molecule has 1 aliphatic rings. The fourth-order valence-corrected chi connectivity index (χ4v) is 2.67. The molecule has 0 amide bonds. The van der Waals surface area contributed by atoms with Gasteiger partial charge in [-0.1, -0.05) is 13.8 Å². The van der Waals surface area contributed by atoms with Gasteiger partial charge >= 0.3 is 0 Å². The van der Waals surface area contributed by atoms with E-state index in [9.17, 15) is 0 Å². The third kappa shape index (κ3) is 2.43. The van der Waals surface area contributed by atoms with Crippen molar-refractivity contribution in [2.45, 2.75) is 32.7 Å². The van der Waals surface area contributed by atoms with Crippen molar-refractivity contribution in [3.63, 3.8) is 0 Å². The second-order valence-electron chi connectivity index (χ2n) is 5.45. The summed E-state index contributed by atoms with van der Waals surface area (Å²) < 4.78 is 1.71. The predicted octanol–water partition coefficient (Wildman–Crippen LogP) is 1.49. The highest BCUT2D eigenvalue weighted by Crippen LogP contribution is 2.32. The van der Waals surface area contributed by atoms with Gasteiger partial charge in [-0.3, -0.25) is 4.57 Å². The zero-order chi connectivity index (χ0) is 14.1. The van der Waals surface area contributed by atoms with E-state index < -0.39 is 0 Å². The molecular weight excluding hydrogens is 254 g/mol. The summed E-state index contributed by atoms with van der Waals surface area (Å²) in [6.45, 7) is 4.54. The lowest BCUT2D eigenvalue weighted by molar-refractivity contribution is 0.434. The Morgan fingerprint density at radius 2 is 2.10 bits per heavy atom. The number of aromatic nitrogens is 5. The van der Waals surface area contributed by atoms with E-state index in [4.69, 9.17) is 5.73 Å². The van der Waals surface area contributed by atoms with Gasteiger partial charge in [0.1, 0.15) is 6.33 Å². The van der Waals surface area contributed by atoms with E-state index in [1.165, 1.54) is 6.42 Å². The van der Waals surface area contributed by atoms with E-state index in [0.717, 1.165) is 12.3 Å². The number of hydrogen-bond acceptors (Lipinski definition) is 6. The molecule has 3 atom stereocenters. The number of nitrogen functional groups attached to an aromatic ring is 1. The quantitative estimate of drug-likeness (QED) is 0.879. The van der Waals surface area contributed by atoms with Crippen molar-refractivity contribution >= 4 is 11.9 Å². The van der Waals surface area contributed by atoms with Gasteiger partial charge in [-0.2, -0.15) is 15.0 Å². The van der Waals surface area contributed by atoms with Crippen LogP contribution in [0.3, 0.4) is 0 Å². The van der Waals surface area contributed by atoms with Crippen molar-refractivity contribution in [2.24, 2.45) is 11.8 Å². The van der Waals surface area contributed by atoms with Crippen LogP contribution >= 0.6 is 0 Å². The van der Waals surface area contributed by atoms with Crippen LogP contribution in [-0.2, 0) is 0 Å². The van der Waals surface area contributed by atoms with Crippen molar-refractivity contribution in [3.05, 3.63) is 18.7 Å². The summed E-state index contributed by atoms with van der Waals surface area (Å²) in [5.74, 6) is 2.55. The molecule has 20 heavy (non-hydrogen) atoms. The highest BCUT2D eigenvalue weighted by atomic mass is 15.3. The summed E-state index contributed by atoms with van der Waals surface area (Å²) in [6.07, 6.45) is 7.45. The Labute approximate surface area is 117 Å². The molecule has 2 heterocycles. The zero-order valence-corrected chi connectivity index (χ0v) is 11.7. The van der Waals surface area contributed by atoms with Crippen molar-refractivity contribution in [1.29, 1.82) is 0 Å². The number of nitrogens with zero attached hydrogens (tertiary/aromatic N) is 5.